The third-order valence-corrected chi connectivity index (χ3v) is 4.12. The van der Waals surface area contributed by atoms with Gasteiger partial charge in [-0.3, -0.25) is 0 Å². The van der Waals surface area contributed by atoms with Crippen molar-refractivity contribution in [3.05, 3.63) is 68.8 Å². The topological polar surface area (TPSA) is 12.0 Å². The maximum absolute atomic E-state index is 3.67. The molecule has 0 radical (unpaired) electrons. The van der Waals surface area contributed by atoms with Crippen LogP contribution in [-0.4, -0.2) is 6.54 Å². The van der Waals surface area contributed by atoms with E-state index in [0.717, 1.165) is 19.4 Å². The van der Waals surface area contributed by atoms with Crippen LogP contribution in [0.3, 0.4) is 0 Å². The number of halogens is 1. The van der Waals surface area contributed by atoms with E-state index in [1.165, 1.54) is 20.3 Å². The van der Waals surface area contributed by atoms with Crippen LogP contribution in [-0.2, 0) is 6.42 Å². The summed E-state index contributed by atoms with van der Waals surface area (Å²) < 4.78 is 1.30. The predicted molar refractivity (Wildman–Crippen MR) is 95.1 cm³/mol. The highest BCUT2D eigenvalue weighted by atomic mass is 127. The summed E-state index contributed by atoms with van der Waals surface area (Å²) in [5, 5.41) is 3.67. The van der Waals surface area contributed by atoms with Gasteiger partial charge in [-0.15, -0.1) is 0 Å². The monoisotopic (exact) mass is 379 g/mol. The molecular formula is C18H22IN. The molecule has 0 heterocycles. The number of hydrogen-bond donors (Lipinski definition) is 1. The number of nitrogens with one attached hydrogen (secondary N) is 1. The fourth-order valence-electron chi connectivity index (χ4n) is 2.31. The fraction of sp³-hybridized carbons (Fsp3) is 0.333. The Kier molecular flexibility index (Phi) is 6.05. The van der Waals surface area contributed by atoms with Crippen molar-refractivity contribution in [2.24, 2.45) is 0 Å². The van der Waals surface area contributed by atoms with E-state index in [1.54, 1.807) is 0 Å². The molecule has 0 bridgehead atoms. The minimum atomic E-state index is 0.396. The van der Waals surface area contributed by atoms with E-state index in [9.17, 15) is 0 Å². The van der Waals surface area contributed by atoms with Gasteiger partial charge in [-0.25, -0.2) is 0 Å². The molecule has 1 atom stereocenters. The third kappa shape index (κ3) is 4.60. The van der Waals surface area contributed by atoms with Gasteiger partial charge in [-0.2, -0.15) is 0 Å². The van der Waals surface area contributed by atoms with Crippen molar-refractivity contribution >= 4 is 22.6 Å². The quantitative estimate of drug-likeness (QED) is 0.706. The van der Waals surface area contributed by atoms with E-state index in [4.69, 9.17) is 0 Å². The molecule has 2 aromatic carbocycles. The summed E-state index contributed by atoms with van der Waals surface area (Å²) in [4.78, 5) is 0. The second kappa shape index (κ2) is 7.79. The van der Waals surface area contributed by atoms with Crippen molar-refractivity contribution in [1.82, 2.24) is 5.32 Å². The highest BCUT2D eigenvalue weighted by Gasteiger charge is 2.11. The molecule has 1 nitrogen and oxygen atoms in total. The second-order valence-corrected chi connectivity index (χ2v) is 6.50. The van der Waals surface area contributed by atoms with Gasteiger partial charge in [0.25, 0.3) is 0 Å². The van der Waals surface area contributed by atoms with Gasteiger partial charge in [-0.05, 0) is 72.2 Å². The van der Waals surface area contributed by atoms with Gasteiger partial charge in [0.15, 0.2) is 0 Å². The largest absolute Gasteiger partial charge is 0.310 e. The molecule has 0 fully saturated rings. The molecular weight excluding hydrogens is 357 g/mol. The molecule has 0 saturated carbocycles. The maximum Gasteiger partial charge on any atom is 0.0361 e. The van der Waals surface area contributed by atoms with Gasteiger partial charge >= 0.3 is 0 Å². The number of rotatable bonds is 6. The van der Waals surface area contributed by atoms with Crippen LogP contribution in [0.15, 0.2) is 48.5 Å². The second-order valence-electron chi connectivity index (χ2n) is 5.25. The summed E-state index contributed by atoms with van der Waals surface area (Å²) in [5.41, 5.74) is 4.09. The van der Waals surface area contributed by atoms with Crippen molar-refractivity contribution in [3.8, 4) is 0 Å². The highest BCUT2D eigenvalue weighted by molar-refractivity contribution is 14.1. The highest BCUT2D eigenvalue weighted by Crippen LogP contribution is 2.20. The lowest BCUT2D eigenvalue weighted by molar-refractivity contribution is 0.529. The molecule has 0 aliphatic rings. The van der Waals surface area contributed by atoms with Crippen molar-refractivity contribution in [2.75, 3.05) is 6.54 Å². The van der Waals surface area contributed by atoms with Gasteiger partial charge < -0.3 is 5.32 Å². The first kappa shape index (κ1) is 15.5. The standard InChI is InChI=1S/C18H22IN/c1-3-11-20-18(16-5-4-6-17(19)13-16)12-15-9-7-14(2)8-10-15/h4-10,13,18,20H,3,11-12H2,1-2H3. The Hall–Kier alpha value is -0.870. The fourth-order valence-corrected chi connectivity index (χ4v) is 2.88. The molecule has 0 aliphatic carbocycles. The molecule has 2 rings (SSSR count). The SMILES string of the molecule is CCCNC(Cc1ccc(C)cc1)c1cccc(I)c1. The average Bonchev–Trinajstić information content (AvgIpc) is 2.45. The van der Waals surface area contributed by atoms with Crippen LogP contribution in [0.4, 0.5) is 0 Å². The first-order chi connectivity index (χ1) is 9.69. The van der Waals surface area contributed by atoms with Crippen LogP contribution in [0.5, 0.6) is 0 Å². The Balaban J connectivity index is 2.16. The minimum Gasteiger partial charge on any atom is -0.310 e. The molecule has 0 spiro atoms. The number of hydrogen-bond acceptors (Lipinski definition) is 1. The predicted octanol–water partition coefficient (Wildman–Crippen LogP) is 4.88. The molecule has 2 aromatic rings. The van der Waals surface area contributed by atoms with Gasteiger partial charge in [0.1, 0.15) is 0 Å². The lowest BCUT2D eigenvalue weighted by atomic mass is 9.98. The molecule has 0 amide bonds. The van der Waals surface area contributed by atoms with Gasteiger partial charge in [-0.1, -0.05) is 48.9 Å². The molecule has 106 valence electrons. The average molecular weight is 379 g/mol. The zero-order chi connectivity index (χ0) is 14.4. The summed E-state index contributed by atoms with van der Waals surface area (Å²) in [6, 6.07) is 18.1. The Labute approximate surface area is 135 Å². The van der Waals surface area contributed by atoms with Crippen LogP contribution in [0, 0.1) is 10.5 Å². The van der Waals surface area contributed by atoms with E-state index < -0.39 is 0 Å². The Morgan fingerprint density at radius 3 is 2.50 bits per heavy atom. The molecule has 1 N–H and O–H groups in total. The van der Waals surface area contributed by atoms with Gasteiger partial charge in [0.2, 0.25) is 0 Å². The summed E-state index contributed by atoms with van der Waals surface area (Å²) >= 11 is 2.38. The van der Waals surface area contributed by atoms with E-state index >= 15 is 0 Å². The summed E-state index contributed by atoms with van der Waals surface area (Å²) in [5.74, 6) is 0. The Morgan fingerprint density at radius 2 is 1.85 bits per heavy atom. The number of aryl methyl sites for hydroxylation is 1. The Bertz CT molecular complexity index is 533. The molecule has 1 unspecified atom stereocenters. The van der Waals surface area contributed by atoms with E-state index in [2.05, 4.69) is 90.3 Å². The van der Waals surface area contributed by atoms with Crippen LogP contribution < -0.4 is 5.32 Å². The molecule has 0 aromatic heterocycles. The minimum absolute atomic E-state index is 0.396. The lowest BCUT2D eigenvalue weighted by Crippen LogP contribution is -2.24. The van der Waals surface area contributed by atoms with Crippen LogP contribution in [0.2, 0.25) is 0 Å². The van der Waals surface area contributed by atoms with E-state index in [-0.39, 0.29) is 0 Å². The first-order valence-corrected chi connectivity index (χ1v) is 8.31. The van der Waals surface area contributed by atoms with E-state index in [1.807, 2.05) is 0 Å². The van der Waals surface area contributed by atoms with Crippen LogP contribution >= 0.6 is 22.6 Å². The van der Waals surface area contributed by atoms with Crippen molar-refractivity contribution in [2.45, 2.75) is 32.7 Å². The van der Waals surface area contributed by atoms with Crippen molar-refractivity contribution in [3.63, 3.8) is 0 Å². The number of benzene rings is 2. The molecule has 0 aliphatic heterocycles. The Morgan fingerprint density at radius 1 is 1.10 bits per heavy atom. The normalized spacial score (nSPS) is 12.3. The summed E-state index contributed by atoms with van der Waals surface area (Å²) in [6.07, 6.45) is 2.20. The maximum atomic E-state index is 3.67. The smallest absolute Gasteiger partial charge is 0.0361 e. The van der Waals surface area contributed by atoms with E-state index in [0.29, 0.717) is 6.04 Å². The van der Waals surface area contributed by atoms with Gasteiger partial charge in [0, 0.05) is 9.61 Å². The zero-order valence-corrected chi connectivity index (χ0v) is 14.4. The van der Waals surface area contributed by atoms with Crippen LogP contribution in [0.25, 0.3) is 0 Å². The lowest BCUT2D eigenvalue weighted by Gasteiger charge is -2.19. The molecule has 0 saturated heterocycles. The van der Waals surface area contributed by atoms with Crippen molar-refractivity contribution < 1.29 is 0 Å². The van der Waals surface area contributed by atoms with Crippen molar-refractivity contribution in [1.29, 1.82) is 0 Å². The molecule has 2 heteroatoms. The summed E-state index contributed by atoms with van der Waals surface area (Å²) in [7, 11) is 0. The molecule has 20 heavy (non-hydrogen) atoms. The third-order valence-electron chi connectivity index (χ3n) is 3.45. The summed E-state index contributed by atoms with van der Waals surface area (Å²) in [6.45, 7) is 5.41. The first-order valence-electron chi connectivity index (χ1n) is 7.23. The van der Waals surface area contributed by atoms with Gasteiger partial charge in [0.05, 0.1) is 0 Å². The van der Waals surface area contributed by atoms with Crippen LogP contribution in [0.1, 0.15) is 36.1 Å². The zero-order valence-electron chi connectivity index (χ0n) is 12.2.